The zero-order valence-corrected chi connectivity index (χ0v) is 18.4. The molecule has 8 nitrogen and oxygen atoms in total. The van der Waals surface area contributed by atoms with Crippen LogP contribution >= 0.6 is 0 Å². The topological polar surface area (TPSA) is 113 Å². The first-order chi connectivity index (χ1) is 14.9. The Balaban J connectivity index is 1.77. The smallest absolute Gasteiger partial charge is 0.288 e. The number of nitrogens with zero attached hydrogens (tertiary/aromatic N) is 3. The van der Waals surface area contributed by atoms with Crippen LogP contribution in [0.5, 0.6) is 0 Å². The van der Waals surface area contributed by atoms with Gasteiger partial charge >= 0.3 is 0 Å². The molecule has 2 aromatic rings. The first-order valence-corrected chi connectivity index (χ1v) is 11.9. The van der Waals surface area contributed by atoms with Crippen molar-refractivity contribution in [3.63, 3.8) is 0 Å². The van der Waals surface area contributed by atoms with E-state index < -0.39 is 21.7 Å². The minimum Gasteiger partial charge on any atom is -0.450 e. The molecule has 2 atom stereocenters. The van der Waals surface area contributed by atoms with Gasteiger partial charge in [0, 0.05) is 37.3 Å². The molecule has 1 aliphatic heterocycles. The molecule has 0 saturated carbocycles. The quantitative estimate of drug-likeness (QED) is 0.702. The van der Waals surface area contributed by atoms with Crippen LogP contribution in [0.25, 0.3) is 0 Å². The van der Waals surface area contributed by atoms with E-state index in [1.165, 1.54) is 6.07 Å². The molecule has 0 radical (unpaired) electrons. The van der Waals surface area contributed by atoms with Crippen LogP contribution in [0.4, 0.5) is 0 Å². The zero-order chi connectivity index (χ0) is 22.4. The monoisotopic (exact) mass is 443 g/mol. The number of hydrogen-bond acceptors (Lipinski definition) is 6. The van der Waals surface area contributed by atoms with Gasteiger partial charge in [-0.3, -0.25) is 9.59 Å². The van der Waals surface area contributed by atoms with Crippen LogP contribution in [-0.4, -0.2) is 52.1 Å². The van der Waals surface area contributed by atoms with Gasteiger partial charge in [0.15, 0.2) is 6.10 Å². The fourth-order valence-electron chi connectivity index (χ4n) is 3.48. The molecule has 1 aliphatic rings. The van der Waals surface area contributed by atoms with Crippen molar-refractivity contribution in [3.05, 3.63) is 59.0 Å². The van der Waals surface area contributed by atoms with Crippen molar-refractivity contribution in [2.75, 3.05) is 31.2 Å². The molecule has 0 spiro atoms. The zero-order valence-electron chi connectivity index (χ0n) is 17.6. The van der Waals surface area contributed by atoms with Gasteiger partial charge in [-0.2, -0.15) is 9.62 Å². The first-order valence-electron chi connectivity index (χ1n) is 10.1. The van der Waals surface area contributed by atoms with Crippen LogP contribution in [0.2, 0.25) is 0 Å². The largest absolute Gasteiger partial charge is 0.450 e. The Morgan fingerprint density at radius 2 is 2.03 bits per heavy atom. The van der Waals surface area contributed by atoms with Gasteiger partial charge in [-0.15, -0.1) is 0 Å². The third-order valence-corrected chi connectivity index (χ3v) is 7.30. The molecule has 31 heavy (non-hydrogen) atoms. The molecule has 164 valence electrons. The molecule has 2 unspecified atom stereocenters. The van der Waals surface area contributed by atoms with Crippen molar-refractivity contribution >= 4 is 21.5 Å². The number of amides is 2. The number of ether oxygens (including phenoxy) is 1. The van der Waals surface area contributed by atoms with Crippen LogP contribution < -0.4 is 0 Å². The Labute approximate surface area is 182 Å². The minimum atomic E-state index is -2.84. The molecule has 2 heterocycles. The summed E-state index contributed by atoms with van der Waals surface area (Å²) >= 11 is 0. The summed E-state index contributed by atoms with van der Waals surface area (Å²) in [5.41, 5.74) is 0.903. The summed E-state index contributed by atoms with van der Waals surface area (Å²) in [4.78, 5) is 27.3. The molecule has 0 aliphatic carbocycles. The van der Waals surface area contributed by atoms with E-state index in [0.29, 0.717) is 19.6 Å². The van der Waals surface area contributed by atoms with Crippen molar-refractivity contribution in [3.8, 4) is 6.07 Å². The Morgan fingerprint density at radius 3 is 2.68 bits per heavy atom. The van der Waals surface area contributed by atoms with Gasteiger partial charge < -0.3 is 14.1 Å². The third-order valence-electron chi connectivity index (χ3n) is 5.05. The van der Waals surface area contributed by atoms with Crippen LogP contribution in [0.3, 0.4) is 0 Å². The van der Waals surface area contributed by atoms with E-state index >= 15 is 0 Å². The lowest BCUT2D eigenvalue weighted by molar-refractivity contribution is -0.143. The molecule has 9 heteroatoms. The van der Waals surface area contributed by atoms with E-state index in [0.717, 1.165) is 5.56 Å². The van der Waals surface area contributed by atoms with Crippen molar-refractivity contribution in [2.45, 2.75) is 26.4 Å². The number of rotatable bonds is 5. The summed E-state index contributed by atoms with van der Waals surface area (Å²) in [5.74, 6) is -0.265. The SMILES string of the molecule is CCOC(C(=O)N1CCCS(=O)(=NC(=O)c2cc(C#N)oc2C)CC1)c1ccccc1. The fraction of sp³-hybridized carbons (Fsp3) is 0.409. The highest BCUT2D eigenvalue weighted by Crippen LogP contribution is 2.22. The lowest BCUT2D eigenvalue weighted by Gasteiger charge is -2.26. The second-order valence-corrected chi connectivity index (χ2v) is 9.74. The summed E-state index contributed by atoms with van der Waals surface area (Å²) in [6, 6.07) is 12.4. The Kier molecular flexibility index (Phi) is 7.25. The summed E-state index contributed by atoms with van der Waals surface area (Å²) < 4.78 is 28.1. The van der Waals surface area contributed by atoms with Crippen molar-refractivity contribution in [2.24, 2.45) is 4.36 Å². The number of carbonyl (C=O) groups is 2. The standard InChI is InChI=1S/C22H25N3O5S/c1-3-29-20(17-8-5-4-6-9-17)22(27)25-10-7-12-31(28,13-11-25)24-21(26)19-14-18(15-23)30-16(19)2/h4-6,8-9,14,20H,3,7,10-13H2,1-2H3. The van der Waals surface area contributed by atoms with Gasteiger partial charge in [-0.05, 0) is 25.8 Å². The summed E-state index contributed by atoms with van der Waals surface area (Å²) in [5, 5.41) is 8.92. The molecule has 1 aromatic carbocycles. The molecular formula is C22H25N3O5S. The highest BCUT2D eigenvalue weighted by atomic mass is 32.2. The number of hydrogen-bond donors (Lipinski definition) is 0. The normalized spacial score (nSPS) is 19.8. The maximum absolute atomic E-state index is 13.3. The predicted molar refractivity (Wildman–Crippen MR) is 115 cm³/mol. The number of benzene rings is 1. The van der Waals surface area contributed by atoms with E-state index in [9.17, 15) is 13.8 Å². The molecule has 0 N–H and O–H groups in total. The van der Waals surface area contributed by atoms with Crippen LogP contribution in [0.15, 0.2) is 45.2 Å². The second-order valence-electron chi connectivity index (χ2n) is 7.19. The maximum atomic E-state index is 13.3. The lowest BCUT2D eigenvalue weighted by Crippen LogP contribution is -2.38. The molecule has 0 bridgehead atoms. The molecule has 1 aromatic heterocycles. The number of carbonyl (C=O) groups excluding carboxylic acids is 2. The number of nitriles is 1. The van der Waals surface area contributed by atoms with Gasteiger partial charge in [-0.25, -0.2) is 4.21 Å². The number of aryl methyl sites for hydroxylation is 1. The van der Waals surface area contributed by atoms with E-state index in [4.69, 9.17) is 14.4 Å². The van der Waals surface area contributed by atoms with Gasteiger partial charge in [0.25, 0.3) is 11.8 Å². The summed E-state index contributed by atoms with van der Waals surface area (Å²) in [7, 11) is -2.84. The Morgan fingerprint density at radius 1 is 1.29 bits per heavy atom. The average Bonchev–Trinajstić information content (AvgIpc) is 3.04. The van der Waals surface area contributed by atoms with E-state index in [2.05, 4.69) is 4.36 Å². The van der Waals surface area contributed by atoms with Crippen LogP contribution in [0.1, 0.15) is 46.9 Å². The molecule has 1 fully saturated rings. The van der Waals surface area contributed by atoms with Crippen molar-refractivity contribution < 1.29 is 23.0 Å². The predicted octanol–water partition coefficient (Wildman–Crippen LogP) is 3.08. The van der Waals surface area contributed by atoms with Gasteiger partial charge in [0.2, 0.25) is 5.76 Å². The average molecular weight is 444 g/mol. The third kappa shape index (κ3) is 5.40. The van der Waals surface area contributed by atoms with E-state index in [-0.39, 0.29) is 41.0 Å². The van der Waals surface area contributed by atoms with Crippen LogP contribution in [-0.2, 0) is 19.3 Å². The fourth-order valence-corrected chi connectivity index (χ4v) is 5.35. The van der Waals surface area contributed by atoms with Gasteiger partial charge in [0.05, 0.1) is 15.3 Å². The summed E-state index contributed by atoms with van der Waals surface area (Å²) in [6.45, 7) is 4.41. The Bertz CT molecular complexity index is 1110. The lowest BCUT2D eigenvalue weighted by atomic mass is 10.1. The Hall–Kier alpha value is -2.96. The van der Waals surface area contributed by atoms with E-state index in [1.54, 1.807) is 11.8 Å². The number of furan rings is 1. The molecular weight excluding hydrogens is 418 g/mol. The van der Waals surface area contributed by atoms with E-state index in [1.807, 2.05) is 43.3 Å². The van der Waals surface area contributed by atoms with Crippen LogP contribution in [0, 0.1) is 18.3 Å². The second kappa shape index (κ2) is 9.90. The molecule has 2 amide bonds. The van der Waals surface area contributed by atoms with Crippen molar-refractivity contribution in [1.29, 1.82) is 5.26 Å². The van der Waals surface area contributed by atoms with Crippen molar-refractivity contribution in [1.82, 2.24) is 4.90 Å². The first kappa shape index (κ1) is 22.7. The highest BCUT2D eigenvalue weighted by Gasteiger charge is 2.29. The maximum Gasteiger partial charge on any atom is 0.288 e. The minimum absolute atomic E-state index is 0.00603. The highest BCUT2D eigenvalue weighted by molar-refractivity contribution is 7.93. The summed E-state index contributed by atoms with van der Waals surface area (Å²) in [6.07, 6.45) is -0.264. The molecule has 1 saturated heterocycles. The van der Waals surface area contributed by atoms with Gasteiger partial charge in [-0.1, -0.05) is 30.3 Å². The molecule has 3 rings (SSSR count). The van der Waals surface area contributed by atoms with Gasteiger partial charge in [0.1, 0.15) is 11.8 Å².